The molecule has 1 N–H and O–H groups in total. The summed E-state index contributed by atoms with van der Waals surface area (Å²) in [5, 5.41) is 3.86. The van der Waals surface area contributed by atoms with E-state index in [1.165, 1.54) is 0 Å². The first-order valence-corrected chi connectivity index (χ1v) is 6.21. The molecule has 0 aromatic heterocycles. The largest absolute Gasteiger partial charge is 0.350 e. The molecule has 0 aromatic carbocycles. The maximum Gasteiger partial charge on any atom is 0.220 e. The van der Waals surface area contributed by atoms with Crippen LogP contribution in [0.2, 0.25) is 0 Å². The van der Waals surface area contributed by atoms with Gasteiger partial charge in [0.2, 0.25) is 5.91 Å². The number of carbonyl (C=O) groups excluding carboxylic acids is 1. The summed E-state index contributed by atoms with van der Waals surface area (Å²) in [6.45, 7) is 10.4. The zero-order valence-electron chi connectivity index (χ0n) is 9.91. The first-order chi connectivity index (χ1) is 6.22. The van der Waals surface area contributed by atoms with Crippen LogP contribution in [0.1, 0.15) is 47.5 Å². The molecule has 84 valence electrons. The summed E-state index contributed by atoms with van der Waals surface area (Å²) in [5.74, 6) is 0.140. The van der Waals surface area contributed by atoms with Gasteiger partial charge in [-0.25, -0.2) is 0 Å². The Morgan fingerprint density at radius 1 is 1.29 bits per heavy atom. The van der Waals surface area contributed by atoms with Gasteiger partial charge in [0.1, 0.15) is 0 Å². The molecule has 0 heterocycles. The van der Waals surface area contributed by atoms with Gasteiger partial charge in [-0.2, -0.15) is 0 Å². The van der Waals surface area contributed by atoms with E-state index < -0.39 is 0 Å². The minimum Gasteiger partial charge on any atom is -0.350 e. The molecule has 0 aromatic rings. The van der Waals surface area contributed by atoms with Gasteiger partial charge < -0.3 is 5.32 Å². The van der Waals surface area contributed by atoms with E-state index >= 15 is 0 Å². The Morgan fingerprint density at radius 3 is 2.07 bits per heavy atom. The van der Waals surface area contributed by atoms with Crippen LogP contribution in [0.5, 0.6) is 0 Å². The Labute approximate surface area is 96.0 Å². The van der Waals surface area contributed by atoms with E-state index in [2.05, 4.69) is 55.9 Å². The fourth-order valence-electron chi connectivity index (χ4n) is 1.08. The van der Waals surface area contributed by atoms with Gasteiger partial charge in [-0.15, -0.1) is 0 Å². The number of alkyl halides is 1. The van der Waals surface area contributed by atoms with Gasteiger partial charge in [-0.05, 0) is 18.8 Å². The highest BCUT2D eigenvalue weighted by molar-refractivity contribution is 9.09. The van der Waals surface area contributed by atoms with Crippen molar-refractivity contribution < 1.29 is 4.79 Å². The van der Waals surface area contributed by atoms with Gasteiger partial charge in [0, 0.05) is 17.3 Å². The number of carbonyl (C=O) groups is 1. The maximum atomic E-state index is 11.7. The van der Waals surface area contributed by atoms with Crippen molar-refractivity contribution in [2.75, 3.05) is 5.33 Å². The Morgan fingerprint density at radius 2 is 1.79 bits per heavy atom. The van der Waals surface area contributed by atoms with Gasteiger partial charge >= 0.3 is 0 Å². The molecule has 0 spiro atoms. The smallest absolute Gasteiger partial charge is 0.220 e. The maximum absolute atomic E-state index is 11.7. The van der Waals surface area contributed by atoms with E-state index in [0.29, 0.717) is 6.42 Å². The SMILES string of the molecule is CCC(C)(CBr)NC(=O)CC(C)(C)C. The summed E-state index contributed by atoms with van der Waals surface area (Å²) in [7, 11) is 0. The van der Waals surface area contributed by atoms with Crippen molar-refractivity contribution in [1.82, 2.24) is 5.32 Å². The van der Waals surface area contributed by atoms with Crippen LogP contribution in [0.25, 0.3) is 0 Å². The third-order valence-electron chi connectivity index (χ3n) is 2.21. The lowest BCUT2D eigenvalue weighted by Crippen LogP contribution is -2.47. The number of halogens is 1. The third-order valence-corrected chi connectivity index (χ3v) is 3.44. The lowest BCUT2D eigenvalue weighted by Gasteiger charge is -2.29. The average Bonchev–Trinajstić information content (AvgIpc) is 2.00. The van der Waals surface area contributed by atoms with Crippen LogP contribution in [0.3, 0.4) is 0 Å². The molecule has 1 amide bonds. The fourth-order valence-corrected chi connectivity index (χ4v) is 1.62. The van der Waals surface area contributed by atoms with E-state index in [4.69, 9.17) is 0 Å². The van der Waals surface area contributed by atoms with Gasteiger partial charge in [0.15, 0.2) is 0 Å². The second-order valence-electron chi connectivity index (χ2n) is 5.33. The highest BCUT2D eigenvalue weighted by Crippen LogP contribution is 2.20. The average molecular weight is 264 g/mol. The van der Waals surface area contributed by atoms with Crippen molar-refractivity contribution in [1.29, 1.82) is 0 Å². The lowest BCUT2D eigenvalue weighted by molar-refractivity contribution is -0.124. The molecule has 0 aliphatic carbocycles. The van der Waals surface area contributed by atoms with Crippen LogP contribution in [-0.4, -0.2) is 16.8 Å². The predicted octanol–water partition coefficient (Wildman–Crippen LogP) is 3.10. The standard InChI is InChI=1S/C11H22BrNO/c1-6-11(5,8-12)13-9(14)7-10(2,3)4/h6-8H2,1-5H3,(H,13,14). The second-order valence-corrected chi connectivity index (χ2v) is 5.89. The molecular weight excluding hydrogens is 242 g/mol. The number of rotatable bonds is 4. The summed E-state index contributed by atoms with van der Waals surface area (Å²) in [6.07, 6.45) is 1.52. The van der Waals surface area contributed by atoms with Crippen LogP contribution in [0.4, 0.5) is 0 Å². The second kappa shape index (κ2) is 5.15. The van der Waals surface area contributed by atoms with Crippen LogP contribution < -0.4 is 5.32 Å². The molecule has 2 nitrogen and oxygen atoms in total. The Kier molecular flexibility index (Phi) is 5.13. The van der Waals surface area contributed by atoms with Gasteiger partial charge in [-0.3, -0.25) is 4.79 Å². The summed E-state index contributed by atoms with van der Waals surface area (Å²) < 4.78 is 0. The van der Waals surface area contributed by atoms with Crippen LogP contribution in [0, 0.1) is 5.41 Å². The Hall–Kier alpha value is -0.0500. The molecule has 0 bridgehead atoms. The molecule has 1 unspecified atom stereocenters. The molecular formula is C11H22BrNO. The zero-order valence-corrected chi connectivity index (χ0v) is 11.5. The lowest BCUT2D eigenvalue weighted by atomic mass is 9.91. The molecule has 0 saturated carbocycles. The van der Waals surface area contributed by atoms with E-state index in [1.807, 2.05) is 0 Å². The van der Waals surface area contributed by atoms with Crippen molar-refractivity contribution >= 4 is 21.8 Å². The van der Waals surface area contributed by atoms with Crippen molar-refractivity contribution in [2.45, 2.75) is 53.0 Å². The summed E-state index contributed by atoms with van der Waals surface area (Å²) >= 11 is 3.43. The molecule has 14 heavy (non-hydrogen) atoms. The predicted molar refractivity (Wildman–Crippen MR) is 64.7 cm³/mol. The first-order valence-electron chi connectivity index (χ1n) is 5.09. The number of amides is 1. The first kappa shape index (κ1) is 13.9. The molecule has 0 fully saturated rings. The summed E-state index contributed by atoms with van der Waals surface area (Å²) in [4.78, 5) is 11.7. The normalized spacial score (nSPS) is 16.1. The van der Waals surface area contributed by atoms with Crippen molar-refractivity contribution in [3.05, 3.63) is 0 Å². The fraction of sp³-hybridized carbons (Fsp3) is 0.909. The van der Waals surface area contributed by atoms with Crippen LogP contribution in [0.15, 0.2) is 0 Å². The van der Waals surface area contributed by atoms with Crippen molar-refractivity contribution in [3.8, 4) is 0 Å². The quantitative estimate of drug-likeness (QED) is 0.777. The zero-order chi connectivity index (χ0) is 11.4. The van der Waals surface area contributed by atoms with E-state index in [1.54, 1.807) is 0 Å². The number of hydrogen-bond acceptors (Lipinski definition) is 1. The third kappa shape index (κ3) is 5.63. The number of hydrogen-bond donors (Lipinski definition) is 1. The molecule has 0 saturated heterocycles. The van der Waals surface area contributed by atoms with E-state index in [0.717, 1.165) is 11.8 Å². The molecule has 0 aliphatic rings. The summed E-state index contributed by atoms with van der Waals surface area (Å²) in [5.41, 5.74) is -0.0482. The minimum absolute atomic E-state index is 0.0606. The van der Waals surface area contributed by atoms with Crippen molar-refractivity contribution in [2.24, 2.45) is 5.41 Å². The van der Waals surface area contributed by atoms with E-state index in [-0.39, 0.29) is 16.9 Å². The number of nitrogens with one attached hydrogen (secondary N) is 1. The van der Waals surface area contributed by atoms with Crippen molar-refractivity contribution in [3.63, 3.8) is 0 Å². The Bertz CT molecular complexity index is 192. The highest BCUT2D eigenvalue weighted by Gasteiger charge is 2.25. The molecule has 3 heteroatoms. The van der Waals surface area contributed by atoms with E-state index in [9.17, 15) is 4.79 Å². The van der Waals surface area contributed by atoms with Crippen LogP contribution >= 0.6 is 15.9 Å². The molecule has 0 rings (SSSR count). The van der Waals surface area contributed by atoms with Crippen LogP contribution in [-0.2, 0) is 4.79 Å². The van der Waals surface area contributed by atoms with Gasteiger partial charge in [0.05, 0.1) is 0 Å². The summed E-state index contributed by atoms with van der Waals surface area (Å²) in [6, 6.07) is 0. The molecule has 0 aliphatic heterocycles. The monoisotopic (exact) mass is 263 g/mol. The molecule has 1 atom stereocenters. The molecule has 0 radical (unpaired) electrons. The highest BCUT2D eigenvalue weighted by atomic mass is 79.9. The Balaban J connectivity index is 4.18. The topological polar surface area (TPSA) is 29.1 Å². The minimum atomic E-state index is -0.109. The van der Waals surface area contributed by atoms with Gasteiger partial charge in [-0.1, -0.05) is 43.6 Å². The van der Waals surface area contributed by atoms with Gasteiger partial charge in [0.25, 0.3) is 0 Å².